The van der Waals surface area contributed by atoms with Crippen LogP contribution in [0.15, 0.2) is 12.1 Å². The van der Waals surface area contributed by atoms with E-state index in [2.05, 4.69) is 5.32 Å². The molecule has 0 radical (unpaired) electrons. The van der Waals surface area contributed by atoms with Crippen LogP contribution in [0.2, 0.25) is 0 Å². The molecule has 1 aliphatic rings. The van der Waals surface area contributed by atoms with E-state index in [0.717, 1.165) is 18.5 Å². The van der Waals surface area contributed by atoms with Crippen LogP contribution in [0, 0.1) is 5.92 Å². The molecule has 2 nitrogen and oxygen atoms in total. The van der Waals surface area contributed by atoms with Crippen LogP contribution in [-0.2, 0) is 6.42 Å². The maximum absolute atomic E-state index is 13.5. The fraction of sp³-hybridized carbons (Fsp3) is 0.650. The molecular formula is C20H29F2NO. The van der Waals surface area contributed by atoms with Crippen LogP contribution in [0.1, 0.15) is 92.4 Å². The van der Waals surface area contributed by atoms with Crippen molar-refractivity contribution in [2.45, 2.75) is 71.8 Å². The van der Waals surface area contributed by atoms with Crippen molar-refractivity contribution in [1.82, 2.24) is 5.32 Å². The zero-order valence-corrected chi connectivity index (χ0v) is 15.0. The van der Waals surface area contributed by atoms with Gasteiger partial charge in [-0.25, -0.2) is 8.78 Å². The minimum absolute atomic E-state index is 0.0201. The van der Waals surface area contributed by atoms with Crippen molar-refractivity contribution >= 4 is 5.78 Å². The number of alkyl halides is 2. The third kappa shape index (κ3) is 4.41. The molecule has 0 saturated heterocycles. The number of halogens is 2. The molecule has 0 aliphatic heterocycles. The standard InChI is InChI=1S/C20H29F2NO/c1-4-7-19(24)17-10-15(11-18(20(21)22)16(17)5-2)13(3)23-12-14-8-6-9-14/h10-11,13-14,20,23H,4-9,12H2,1-3H3. The van der Waals surface area contributed by atoms with Gasteiger partial charge in [-0.15, -0.1) is 0 Å². The molecule has 0 bridgehead atoms. The summed E-state index contributed by atoms with van der Waals surface area (Å²) in [4.78, 5) is 12.4. The molecule has 0 amide bonds. The monoisotopic (exact) mass is 337 g/mol. The zero-order chi connectivity index (χ0) is 17.7. The summed E-state index contributed by atoms with van der Waals surface area (Å²) in [6.45, 7) is 6.67. The summed E-state index contributed by atoms with van der Waals surface area (Å²) in [6.07, 6.45) is 2.82. The van der Waals surface area contributed by atoms with Crippen molar-refractivity contribution in [2.24, 2.45) is 5.92 Å². The van der Waals surface area contributed by atoms with Crippen LogP contribution in [0.5, 0.6) is 0 Å². The quantitative estimate of drug-likeness (QED) is 0.593. The molecule has 1 aromatic rings. The van der Waals surface area contributed by atoms with Crippen LogP contribution in [0.4, 0.5) is 8.78 Å². The van der Waals surface area contributed by atoms with Gasteiger partial charge in [0, 0.05) is 23.6 Å². The first kappa shape index (κ1) is 19.0. The second-order valence-electron chi connectivity index (χ2n) is 6.89. The van der Waals surface area contributed by atoms with Crippen molar-refractivity contribution in [3.63, 3.8) is 0 Å². The van der Waals surface area contributed by atoms with Gasteiger partial charge >= 0.3 is 0 Å². The maximum atomic E-state index is 13.5. The second kappa shape index (κ2) is 8.70. The Labute approximate surface area is 144 Å². The van der Waals surface area contributed by atoms with Crippen LogP contribution in [0.25, 0.3) is 0 Å². The van der Waals surface area contributed by atoms with E-state index in [1.54, 1.807) is 6.07 Å². The highest BCUT2D eigenvalue weighted by Crippen LogP contribution is 2.31. The van der Waals surface area contributed by atoms with Crippen molar-refractivity contribution in [1.29, 1.82) is 0 Å². The average Bonchev–Trinajstić information content (AvgIpc) is 2.51. The van der Waals surface area contributed by atoms with E-state index in [1.807, 2.05) is 26.8 Å². The number of nitrogens with one attached hydrogen (secondary N) is 1. The summed E-state index contributed by atoms with van der Waals surface area (Å²) in [5.41, 5.74) is 1.82. The summed E-state index contributed by atoms with van der Waals surface area (Å²) in [6, 6.07) is 3.40. The molecule has 0 heterocycles. The van der Waals surface area contributed by atoms with Gasteiger partial charge in [0.1, 0.15) is 0 Å². The number of carbonyl (C=O) groups is 1. The Kier molecular flexibility index (Phi) is 6.90. The first-order valence-electron chi connectivity index (χ1n) is 9.19. The van der Waals surface area contributed by atoms with Gasteiger partial charge < -0.3 is 5.32 Å². The highest BCUT2D eigenvalue weighted by Gasteiger charge is 2.23. The molecule has 0 aromatic heterocycles. The molecule has 1 unspecified atom stereocenters. The summed E-state index contributed by atoms with van der Waals surface area (Å²) >= 11 is 0. The van der Waals surface area contributed by atoms with Crippen molar-refractivity contribution < 1.29 is 13.6 Å². The number of hydrogen-bond donors (Lipinski definition) is 1. The number of carbonyl (C=O) groups excluding carboxylic acids is 1. The van der Waals surface area contributed by atoms with Gasteiger partial charge in [-0.3, -0.25) is 4.79 Å². The Bertz CT molecular complexity index is 567. The summed E-state index contributed by atoms with van der Waals surface area (Å²) in [5, 5.41) is 3.45. The van der Waals surface area contributed by atoms with E-state index in [-0.39, 0.29) is 17.4 Å². The summed E-state index contributed by atoms with van der Waals surface area (Å²) < 4.78 is 27.1. The molecule has 1 aromatic carbocycles. The minimum Gasteiger partial charge on any atom is -0.310 e. The van der Waals surface area contributed by atoms with Crippen LogP contribution < -0.4 is 5.32 Å². The van der Waals surface area contributed by atoms with Gasteiger partial charge in [0.15, 0.2) is 5.78 Å². The van der Waals surface area contributed by atoms with Crippen LogP contribution in [0.3, 0.4) is 0 Å². The fourth-order valence-corrected chi connectivity index (χ4v) is 3.33. The minimum atomic E-state index is -2.55. The van der Waals surface area contributed by atoms with Gasteiger partial charge in [-0.2, -0.15) is 0 Å². The highest BCUT2D eigenvalue weighted by atomic mass is 19.3. The van der Waals surface area contributed by atoms with E-state index in [9.17, 15) is 13.6 Å². The first-order valence-corrected chi connectivity index (χ1v) is 9.19. The van der Waals surface area contributed by atoms with Gasteiger partial charge in [0.05, 0.1) is 0 Å². The van der Waals surface area contributed by atoms with Crippen molar-refractivity contribution in [3.8, 4) is 0 Å². The number of hydrogen-bond acceptors (Lipinski definition) is 2. The lowest BCUT2D eigenvalue weighted by atomic mass is 9.85. The molecular weight excluding hydrogens is 308 g/mol. The van der Waals surface area contributed by atoms with Crippen LogP contribution in [-0.4, -0.2) is 12.3 Å². The molecule has 134 valence electrons. The second-order valence-corrected chi connectivity index (χ2v) is 6.89. The molecule has 24 heavy (non-hydrogen) atoms. The predicted molar refractivity (Wildman–Crippen MR) is 93.8 cm³/mol. The van der Waals surface area contributed by atoms with Gasteiger partial charge in [-0.05, 0) is 68.3 Å². The SMILES string of the molecule is CCCC(=O)c1cc(C(C)NCC2CCC2)cc(C(F)F)c1CC. The molecule has 0 spiro atoms. The van der Waals surface area contributed by atoms with Crippen LogP contribution >= 0.6 is 0 Å². The Morgan fingerprint density at radius 1 is 1.29 bits per heavy atom. The van der Waals surface area contributed by atoms with Gasteiger partial charge in [0.25, 0.3) is 6.43 Å². The fourth-order valence-electron chi connectivity index (χ4n) is 3.33. The zero-order valence-electron chi connectivity index (χ0n) is 15.0. The lowest BCUT2D eigenvalue weighted by molar-refractivity contribution is 0.0980. The molecule has 2 rings (SSSR count). The van der Waals surface area contributed by atoms with E-state index in [4.69, 9.17) is 0 Å². The predicted octanol–water partition coefficient (Wildman–Crippen LogP) is 5.62. The maximum Gasteiger partial charge on any atom is 0.264 e. The number of rotatable bonds is 9. The molecule has 1 N–H and O–H groups in total. The highest BCUT2D eigenvalue weighted by molar-refractivity contribution is 5.98. The molecule has 1 aliphatic carbocycles. The largest absolute Gasteiger partial charge is 0.310 e. The first-order chi connectivity index (χ1) is 11.5. The topological polar surface area (TPSA) is 29.1 Å². The molecule has 1 saturated carbocycles. The van der Waals surface area contributed by atoms with Crippen molar-refractivity contribution in [2.75, 3.05) is 6.54 Å². The number of ketones is 1. The third-order valence-corrected chi connectivity index (χ3v) is 5.11. The average molecular weight is 337 g/mol. The van der Waals surface area contributed by atoms with Gasteiger partial charge in [0.2, 0.25) is 0 Å². The third-order valence-electron chi connectivity index (χ3n) is 5.11. The number of Topliss-reactive ketones (excluding diaryl/α,β-unsaturated/α-hetero) is 1. The Morgan fingerprint density at radius 2 is 2.00 bits per heavy atom. The lowest BCUT2D eigenvalue weighted by Gasteiger charge is -2.28. The van der Waals surface area contributed by atoms with Crippen molar-refractivity contribution in [3.05, 3.63) is 34.4 Å². The van der Waals surface area contributed by atoms with Gasteiger partial charge in [-0.1, -0.05) is 20.3 Å². The van der Waals surface area contributed by atoms with E-state index in [0.29, 0.717) is 29.9 Å². The van der Waals surface area contributed by atoms with E-state index >= 15 is 0 Å². The summed E-state index contributed by atoms with van der Waals surface area (Å²) in [7, 11) is 0. The van der Waals surface area contributed by atoms with E-state index in [1.165, 1.54) is 19.3 Å². The van der Waals surface area contributed by atoms with E-state index < -0.39 is 6.43 Å². The molecule has 1 fully saturated rings. The Balaban J connectivity index is 2.30. The lowest BCUT2D eigenvalue weighted by Crippen LogP contribution is -2.29. The normalized spacial score (nSPS) is 16.2. The Morgan fingerprint density at radius 3 is 2.50 bits per heavy atom. The summed E-state index contributed by atoms with van der Waals surface area (Å²) in [5.74, 6) is 0.683. The molecule has 4 heteroatoms. The molecule has 1 atom stereocenters. The smallest absolute Gasteiger partial charge is 0.264 e. The Hall–Kier alpha value is -1.29. The number of benzene rings is 1.